The molecule has 9 heteroatoms. The number of hydrogen-bond acceptors (Lipinski definition) is 6. The van der Waals surface area contributed by atoms with Crippen molar-refractivity contribution >= 4 is 42.1 Å². The third kappa shape index (κ3) is 5.37. The van der Waals surface area contributed by atoms with Crippen molar-refractivity contribution in [1.82, 2.24) is 20.6 Å². The Morgan fingerprint density at radius 2 is 2.08 bits per heavy atom. The molecule has 1 saturated heterocycles. The van der Waals surface area contributed by atoms with Crippen LogP contribution in [0.15, 0.2) is 29.8 Å². The molecular formula is C17H24Cl2N4O2S. The van der Waals surface area contributed by atoms with E-state index < -0.39 is 5.60 Å². The van der Waals surface area contributed by atoms with Crippen LogP contribution in [0.1, 0.15) is 17.8 Å². The van der Waals surface area contributed by atoms with Crippen LogP contribution in [0.3, 0.4) is 0 Å². The Morgan fingerprint density at radius 1 is 1.31 bits per heavy atom. The summed E-state index contributed by atoms with van der Waals surface area (Å²) < 4.78 is 5.53. The highest BCUT2D eigenvalue weighted by atomic mass is 35.5. The van der Waals surface area contributed by atoms with Crippen LogP contribution in [0.4, 0.5) is 0 Å². The molecule has 0 saturated carbocycles. The smallest absolute Gasteiger partial charge is 0.252 e. The molecular weight excluding hydrogens is 395 g/mol. The van der Waals surface area contributed by atoms with E-state index in [-0.39, 0.29) is 30.7 Å². The number of halogens is 2. The van der Waals surface area contributed by atoms with E-state index >= 15 is 0 Å². The predicted octanol–water partition coefficient (Wildman–Crippen LogP) is 2.48. The van der Waals surface area contributed by atoms with Gasteiger partial charge in [0.1, 0.15) is 5.60 Å². The summed E-state index contributed by atoms with van der Waals surface area (Å²) in [7, 11) is 1.62. The zero-order valence-electron chi connectivity index (χ0n) is 14.6. The number of carbonyl (C=O) groups is 1. The first-order valence-corrected chi connectivity index (χ1v) is 9.01. The molecule has 2 aromatic heterocycles. The van der Waals surface area contributed by atoms with Crippen LogP contribution in [-0.2, 0) is 16.0 Å². The highest BCUT2D eigenvalue weighted by Gasteiger charge is 2.39. The maximum atomic E-state index is 12.5. The van der Waals surface area contributed by atoms with Crippen LogP contribution in [0.2, 0.25) is 0 Å². The number of piperidine rings is 1. The summed E-state index contributed by atoms with van der Waals surface area (Å²) in [6.45, 7) is 2.18. The number of nitrogens with zero attached hydrogens (tertiary/aromatic N) is 2. The number of pyridine rings is 1. The zero-order valence-corrected chi connectivity index (χ0v) is 17.0. The summed E-state index contributed by atoms with van der Waals surface area (Å²) in [5, 5.41) is 9.25. The fourth-order valence-corrected chi connectivity index (χ4v) is 3.65. The first kappa shape index (κ1) is 22.8. The second-order valence-electron chi connectivity index (χ2n) is 5.80. The predicted molar refractivity (Wildman–Crippen MR) is 108 cm³/mol. The Hall–Kier alpha value is -1.25. The van der Waals surface area contributed by atoms with Crippen LogP contribution in [0.25, 0.3) is 11.4 Å². The highest BCUT2D eigenvalue weighted by Crippen LogP contribution is 2.23. The van der Waals surface area contributed by atoms with Crippen molar-refractivity contribution in [2.45, 2.75) is 24.9 Å². The number of ether oxygens (including phenoxy) is 1. The van der Waals surface area contributed by atoms with Crippen molar-refractivity contribution in [3.8, 4) is 11.4 Å². The Kier molecular flexibility index (Phi) is 9.46. The number of hydrogen-bond donors (Lipinski definition) is 2. The Morgan fingerprint density at radius 3 is 2.73 bits per heavy atom. The van der Waals surface area contributed by atoms with E-state index in [1.54, 1.807) is 24.6 Å². The maximum Gasteiger partial charge on any atom is 0.252 e. The van der Waals surface area contributed by atoms with Gasteiger partial charge < -0.3 is 15.4 Å². The van der Waals surface area contributed by atoms with Gasteiger partial charge in [0, 0.05) is 31.7 Å². The molecule has 2 aromatic rings. The standard InChI is InChI=1S/C17H22N4O2S.2ClH/c1-23-17(6-10-18-11-7-17)16(22)20-9-5-15-21-14(12-24-15)13-4-2-3-8-19-13;;/h2-4,8,12,18H,5-7,9-11H2,1H3,(H,20,22);2*1H. The van der Waals surface area contributed by atoms with Gasteiger partial charge in [0.2, 0.25) is 0 Å². The van der Waals surface area contributed by atoms with E-state index in [9.17, 15) is 4.79 Å². The third-order valence-corrected chi connectivity index (χ3v) is 5.23. The van der Waals surface area contributed by atoms with Crippen molar-refractivity contribution in [3.63, 3.8) is 0 Å². The average molecular weight is 419 g/mol. The van der Waals surface area contributed by atoms with E-state index in [0.717, 1.165) is 29.5 Å². The lowest BCUT2D eigenvalue weighted by molar-refractivity contribution is -0.146. The van der Waals surface area contributed by atoms with Crippen molar-refractivity contribution < 1.29 is 9.53 Å². The molecule has 6 nitrogen and oxygen atoms in total. The first-order valence-electron chi connectivity index (χ1n) is 8.13. The van der Waals surface area contributed by atoms with E-state index in [0.29, 0.717) is 25.8 Å². The van der Waals surface area contributed by atoms with Gasteiger partial charge in [-0.1, -0.05) is 6.07 Å². The molecule has 0 aromatic carbocycles. The van der Waals surface area contributed by atoms with Crippen molar-refractivity contribution in [1.29, 1.82) is 0 Å². The molecule has 0 aliphatic carbocycles. The molecule has 0 unspecified atom stereocenters. The quantitative estimate of drug-likeness (QED) is 0.753. The number of nitrogens with one attached hydrogen (secondary N) is 2. The summed E-state index contributed by atoms with van der Waals surface area (Å²) in [5.41, 5.74) is 1.07. The summed E-state index contributed by atoms with van der Waals surface area (Å²) in [6, 6.07) is 5.78. The second-order valence-corrected chi connectivity index (χ2v) is 6.74. The molecule has 0 radical (unpaired) electrons. The molecule has 2 N–H and O–H groups in total. The summed E-state index contributed by atoms with van der Waals surface area (Å²) in [4.78, 5) is 21.4. The Labute approximate surface area is 170 Å². The number of amides is 1. The second kappa shape index (κ2) is 10.8. The molecule has 1 amide bonds. The van der Waals surface area contributed by atoms with Crippen LogP contribution in [0, 0.1) is 0 Å². The molecule has 144 valence electrons. The van der Waals surface area contributed by atoms with Crippen molar-refractivity contribution in [2.75, 3.05) is 26.7 Å². The lowest BCUT2D eigenvalue weighted by Gasteiger charge is -2.34. The average Bonchev–Trinajstić information content (AvgIpc) is 3.12. The molecule has 0 spiro atoms. The number of aromatic nitrogens is 2. The van der Waals surface area contributed by atoms with Crippen molar-refractivity contribution in [2.24, 2.45) is 0 Å². The van der Waals surface area contributed by atoms with Crippen LogP contribution < -0.4 is 10.6 Å². The molecule has 0 atom stereocenters. The first-order chi connectivity index (χ1) is 11.7. The largest absolute Gasteiger partial charge is 0.368 e. The molecule has 26 heavy (non-hydrogen) atoms. The lowest BCUT2D eigenvalue weighted by Crippen LogP contribution is -2.54. The van der Waals surface area contributed by atoms with E-state index in [4.69, 9.17) is 4.74 Å². The van der Waals surface area contributed by atoms with Crippen LogP contribution in [0.5, 0.6) is 0 Å². The zero-order chi connectivity index (χ0) is 16.8. The monoisotopic (exact) mass is 418 g/mol. The van der Waals surface area contributed by atoms with E-state index in [1.165, 1.54) is 0 Å². The van der Waals surface area contributed by atoms with Crippen LogP contribution >= 0.6 is 36.2 Å². The Balaban J connectivity index is 0.00000169. The number of rotatable bonds is 6. The number of carbonyl (C=O) groups excluding carboxylic acids is 1. The van der Waals surface area contributed by atoms with Gasteiger partial charge in [-0.2, -0.15) is 0 Å². The molecule has 1 aliphatic rings. The summed E-state index contributed by atoms with van der Waals surface area (Å²) in [6.07, 6.45) is 3.88. The topological polar surface area (TPSA) is 76.1 Å². The molecule has 0 bridgehead atoms. The van der Waals surface area contributed by atoms with Crippen molar-refractivity contribution in [3.05, 3.63) is 34.8 Å². The normalized spacial score (nSPS) is 15.4. The molecule has 3 heterocycles. The number of thiazole rings is 1. The minimum atomic E-state index is -0.687. The van der Waals surface area contributed by atoms with Gasteiger partial charge in [-0.05, 0) is 38.1 Å². The SMILES string of the molecule is COC1(C(=O)NCCc2nc(-c3ccccn3)cs2)CCNCC1.Cl.Cl. The van der Waals surface area contributed by atoms with Crippen LogP contribution in [-0.4, -0.2) is 48.2 Å². The fourth-order valence-electron chi connectivity index (χ4n) is 2.86. The van der Waals surface area contributed by atoms with Gasteiger partial charge in [0.15, 0.2) is 0 Å². The van der Waals surface area contributed by atoms with Gasteiger partial charge in [-0.3, -0.25) is 9.78 Å². The molecule has 1 fully saturated rings. The van der Waals surface area contributed by atoms with Gasteiger partial charge in [0.25, 0.3) is 5.91 Å². The minimum Gasteiger partial charge on any atom is -0.368 e. The number of methoxy groups -OCH3 is 1. The third-order valence-electron chi connectivity index (χ3n) is 4.32. The summed E-state index contributed by atoms with van der Waals surface area (Å²) in [5.74, 6) is -0.0204. The Bertz CT molecular complexity index is 678. The van der Waals surface area contributed by atoms with Gasteiger partial charge in [0.05, 0.1) is 16.4 Å². The molecule has 3 rings (SSSR count). The van der Waals surface area contributed by atoms with Gasteiger partial charge in [-0.25, -0.2) is 4.98 Å². The van der Waals surface area contributed by atoms with E-state index in [2.05, 4.69) is 20.6 Å². The fraction of sp³-hybridized carbons (Fsp3) is 0.471. The minimum absolute atomic E-state index is 0. The summed E-state index contributed by atoms with van der Waals surface area (Å²) >= 11 is 1.59. The maximum absolute atomic E-state index is 12.5. The highest BCUT2D eigenvalue weighted by molar-refractivity contribution is 7.09. The van der Waals surface area contributed by atoms with Gasteiger partial charge >= 0.3 is 0 Å². The molecule has 1 aliphatic heterocycles. The van der Waals surface area contributed by atoms with Gasteiger partial charge in [-0.15, -0.1) is 36.2 Å². The van der Waals surface area contributed by atoms with E-state index in [1.807, 2.05) is 23.6 Å². The lowest BCUT2D eigenvalue weighted by atomic mass is 9.91.